The zero-order valence-electron chi connectivity index (χ0n) is 18.7. The van der Waals surface area contributed by atoms with Crippen molar-refractivity contribution in [2.75, 3.05) is 37.7 Å². The number of carbonyl (C=O) groups is 1. The van der Waals surface area contributed by atoms with E-state index in [-0.39, 0.29) is 22.8 Å². The third kappa shape index (κ3) is 4.92. The van der Waals surface area contributed by atoms with E-state index in [1.165, 1.54) is 0 Å². The van der Waals surface area contributed by atoms with Gasteiger partial charge in [-0.2, -0.15) is 0 Å². The SMILES string of the molecule is CC(C)(C)c1ccc(S(=O)(=O)NCC(=O)N2Cc3cnc(N4CCOCC4)nc3C2)cc1. The molecule has 3 heterocycles. The van der Waals surface area contributed by atoms with Crippen molar-refractivity contribution in [3.63, 3.8) is 0 Å². The average Bonchev–Trinajstić information content (AvgIpc) is 3.21. The Morgan fingerprint density at radius 3 is 2.47 bits per heavy atom. The van der Waals surface area contributed by atoms with Crippen LogP contribution in [0.1, 0.15) is 37.6 Å². The third-order valence-corrected chi connectivity index (χ3v) is 7.15. The fraction of sp³-hybridized carbons (Fsp3) is 0.500. The van der Waals surface area contributed by atoms with E-state index in [4.69, 9.17) is 4.74 Å². The lowest BCUT2D eigenvalue weighted by molar-refractivity contribution is -0.130. The van der Waals surface area contributed by atoms with E-state index in [0.717, 1.165) is 29.9 Å². The Bertz CT molecular complexity index is 1090. The highest BCUT2D eigenvalue weighted by atomic mass is 32.2. The number of hydrogen-bond donors (Lipinski definition) is 1. The molecule has 10 heteroatoms. The second-order valence-corrected chi connectivity index (χ2v) is 10.9. The van der Waals surface area contributed by atoms with Crippen LogP contribution in [0.2, 0.25) is 0 Å². The van der Waals surface area contributed by atoms with Crippen LogP contribution in [0.4, 0.5) is 5.95 Å². The molecule has 172 valence electrons. The van der Waals surface area contributed by atoms with E-state index in [0.29, 0.717) is 32.3 Å². The molecule has 1 amide bonds. The summed E-state index contributed by atoms with van der Waals surface area (Å²) in [6, 6.07) is 6.75. The molecule has 9 nitrogen and oxygen atoms in total. The second-order valence-electron chi connectivity index (χ2n) is 9.09. The number of fused-ring (bicyclic) bond motifs is 1. The Labute approximate surface area is 188 Å². The highest BCUT2D eigenvalue weighted by Gasteiger charge is 2.27. The van der Waals surface area contributed by atoms with Gasteiger partial charge in [-0.1, -0.05) is 32.9 Å². The molecule has 2 aliphatic heterocycles. The minimum Gasteiger partial charge on any atom is -0.378 e. The number of nitrogens with zero attached hydrogens (tertiary/aromatic N) is 4. The van der Waals surface area contributed by atoms with Gasteiger partial charge < -0.3 is 14.5 Å². The molecule has 0 spiro atoms. The van der Waals surface area contributed by atoms with Gasteiger partial charge in [0.15, 0.2) is 0 Å². The normalized spacial score (nSPS) is 16.8. The average molecular weight is 460 g/mol. The van der Waals surface area contributed by atoms with E-state index in [1.807, 2.05) is 0 Å². The lowest BCUT2D eigenvalue weighted by Crippen LogP contribution is -2.37. The predicted octanol–water partition coefficient (Wildman–Crippen LogP) is 1.43. The maximum Gasteiger partial charge on any atom is 0.241 e. The molecule has 32 heavy (non-hydrogen) atoms. The van der Waals surface area contributed by atoms with Gasteiger partial charge in [0.2, 0.25) is 21.9 Å². The molecule has 1 aromatic heterocycles. The first-order valence-corrected chi connectivity index (χ1v) is 12.2. The number of sulfonamides is 1. The van der Waals surface area contributed by atoms with Gasteiger partial charge in [-0.3, -0.25) is 4.79 Å². The minimum atomic E-state index is -3.78. The largest absolute Gasteiger partial charge is 0.378 e. The molecular weight excluding hydrogens is 430 g/mol. The molecule has 0 aliphatic carbocycles. The van der Waals surface area contributed by atoms with Crippen molar-refractivity contribution in [3.05, 3.63) is 47.3 Å². The number of rotatable bonds is 5. The maximum atomic E-state index is 12.7. The van der Waals surface area contributed by atoms with E-state index < -0.39 is 10.0 Å². The lowest BCUT2D eigenvalue weighted by atomic mass is 9.87. The highest BCUT2D eigenvalue weighted by molar-refractivity contribution is 7.89. The Morgan fingerprint density at radius 1 is 1.12 bits per heavy atom. The van der Waals surface area contributed by atoms with Crippen LogP contribution in [0.15, 0.2) is 35.4 Å². The molecule has 0 atom stereocenters. The summed E-state index contributed by atoms with van der Waals surface area (Å²) < 4.78 is 33.0. The van der Waals surface area contributed by atoms with Crippen molar-refractivity contribution in [2.45, 2.75) is 44.2 Å². The molecule has 0 unspecified atom stereocenters. The Hall–Kier alpha value is -2.56. The van der Waals surface area contributed by atoms with Crippen molar-refractivity contribution in [2.24, 2.45) is 0 Å². The summed E-state index contributed by atoms with van der Waals surface area (Å²) in [5.74, 6) is 0.339. The summed E-state index contributed by atoms with van der Waals surface area (Å²) in [6.07, 6.45) is 1.75. The third-order valence-electron chi connectivity index (χ3n) is 5.73. The van der Waals surface area contributed by atoms with Crippen LogP contribution < -0.4 is 9.62 Å². The first kappa shape index (κ1) is 22.6. The molecule has 1 fully saturated rings. The first-order chi connectivity index (χ1) is 15.1. The van der Waals surface area contributed by atoms with Crippen LogP contribution >= 0.6 is 0 Å². The van der Waals surface area contributed by atoms with Gasteiger partial charge in [-0.15, -0.1) is 0 Å². The summed E-state index contributed by atoms with van der Waals surface area (Å²) in [7, 11) is -3.78. The second kappa shape index (κ2) is 8.76. The fourth-order valence-corrected chi connectivity index (χ4v) is 4.70. The fourth-order valence-electron chi connectivity index (χ4n) is 3.72. The first-order valence-electron chi connectivity index (χ1n) is 10.7. The Morgan fingerprint density at radius 2 is 1.81 bits per heavy atom. The molecule has 0 saturated carbocycles. The Balaban J connectivity index is 1.36. The lowest BCUT2D eigenvalue weighted by Gasteiger charge is -2.26. The molecule has 0 bridgehead atoms. The summed E-state index contributed by atoms with van der Waals surface area (Å²) in [5, 5.41) is 0. The van der Waals surface area contributed by atoms with E-state index in [9.17, 15) is 13.2 Å². The van der Waals surface area contributed by atoms with E-state index in [2.05, 4.69) is 40.4 Å². The summed E-state index contributed by atoms with van der Waals surface area (Å²) in [4.78, 5) is 25.5. The van der Waals surface area contributed by atoms with Crippen LogP contribution in [0.3, 0.4) is 0 Å². The van der Waals surface area contributed by atoms with Crippen LogP contribution in [-0.4, -0.2) is 62.0 Å². The monoisotopic (exact) mass is 459 g/mol. The quantitative estimate of drug-likeness (QED) is 0.721. The van der Waals surface area contributed by atoms with Crippen molar-refractivity contribution in [3.8, 4) is 0 Å². The number of carbonyl (C=O) groups excluding carboxylic acids is 1. The highest BCUT2D eigenvalue weighted by Crippen LogP contribution is 2.24. The van der Waals surface area contributed by atoms with Crippen LogP contribution in [0.25, 0.3) is 0 Å². The summed E-state index contributed by atoms with van der Waals surface area (Å²) >= 11 is 0. The summed E-state index contributed by atoms with van der Waals surface area (Å²) in [6.45, 7) is 9.37. The van der Waals surface area contributed by atoms with Crippen LogP contribution in [-0.2, 0) is 38.1 Å². The topological polar surface area (TPSA) is 105 Å². The standard InChI is InChI=1S/C22H29N5O4S/c1-22(2,3)17-4-6-18(7-5-17)32(29,30)24-13-20(28)27-14-16-12-23-21(25-19(16)15-27)26-8-10-31-11-9-26/h4-7,12,24H,8-11,13-15H2,1-3H3. The van der Waals surface area contributed by atoms with Crippen LogP contribution in [0, 0.1) is 0 Å². The van der Waals surface area contributed by atoms with Gasteiger partial charge >= 0.3 is 0 Å². The van der Waals surface area contributed by atoms with Gasteiger partial charge in [0.1, 0.15) is 0 Å². The van der Waals surface area contributed by atoms with Crippen LogP contribution in [0.5, 0.6) is 0 Å². The van der Waals surface area contributed by atoms with E-state index >= 15 is 0 Å². The molecule has 1 saturated heterocycles. The molecule has 0 radical (unpaired) electrons. The smallest absolute Gasteiger partial charge is 0.241 e. The number of nitrogens with one attached hydrogen (secondary N) is 1. The van der Waals surface area contributed by atoms with E-state index in [1.54, 1.807) is 35.4 Å². The minimum absolute atomic E-state index is 0.0685. The number of morpholine rings is 1. The van der Waals surface area contributed by atoms with Gasteiger partial charge in [-0.25, -0.2) is 23.1 Å². The molecule has 4 rings (SSSR count). The Kier molecular flexibility index (Phi) is 6.19. The molecular formula is C22H29N5O4S. The zero-order valence-corrected chi connectivity index (χ0v) is 19.5. The van der Waals surface area contributed by atoms with Gasteiger partial charge in [0.05, 0.1) is 36.9 Å². The molecule has 2 aliphatic rings. The van der Waals surface area contributed by atoms with Gasteiger partial charge in [0.25, 0.3) is 0 Å². The van der Waals surface area contributed by atoms with Crippen molar-refractivity contribution >= 4 is 21.9 Å². The number of benzene rings is 1. The van der Waals surface area contributed by atoms with Crippen molar-refractivity contribution in [1.82, 2.24) is 19.6 Å². The molecule has 1 N–H and O–H groups in total. The number of amides is 1. The number of hydrogen-bond acceptors (Lipinski definition) is 7. The number of aromatic nitrogens is 2. The maximum absolute atomic E-state index is 12.7. The molecule has 2 aromatic rings. The van der Waals surface area contributed by atoms with Gasteiger partial charge in [0, 0.05) is 31.4 Å². The number of ether oxygens (including phenoxy) is 1. The summed E-state index contributed by atoms with van der Waals surface area (Å²) in [5.41, 5.74) is 2.66. The zero-order chi connectivity index (χ0) is 22.9. The predicted molar refractivity (Wildman–Crippen MR) is 120 cm³/mol. The van der Waals surface area contributed by atoms with Gasteiger partial charge in [-0.05, 0) is 23.1 Å². The number of anilines is 1. The van der Waals surface area contributed by atoms with Crippen molar-refractivity contribution in [1.29, 1.82) is 0 Å². The molecule has 1 aromatic carbocycles. The van der Waals surface area contributed by atoms with Crippen molar-refractivity contribution < 1.29 is 17.9 Å².